The molecule has 1 aromatic carbocycles. The van der Waals surface area contributed by atoms with Crippen molar-refractivity contribution in [3.63, 3.8) is 0 Å². The quantitative estimate of drug-likeness (QED) is 0.395. The Hall–Kier alpha value is -0.943. The first-order valence-corrected chi connectivity index (χ1v) is 7.87. The van der Waals surface area contributed by atoms with Crippen molar-refractivity contribution in [2.45, 2.75) is 25.2 Å². The molecular formula is C15H24O3Si. The molecule has 0 aliphatic rings. The lowest BCUT2D eigenvalue weighted by atomic mass is 10.1. The molecule has 0 fully saturated rings. The monoisotopic (exact) mass is 280 g/mol. The SMILES string of the molecule is C=Cc1ccc(CCO[SiH2]C(CC)(OC)OC)cc1. The summed E-state index contributed by atoms with van der Waals surface area (Å²) in [6.07, 6.45) is 3.58. The topological polar surface area (TPSA) is 27.7 Å². The molecule has 3 nitrogen and oxygen atoms in total. The molecule has 1 aromatic rings. The van der Waals surface area contributed by atoms with Crippen LogP contribution in [0.1, 0.15) is 24.5 Å². The van der Waals surface area contributed by atoms with E-state index in [1.54, 1.807) is 14.2 Å². The fraction of sp³-hybridized carbons (Fsp3) is 0.467. The molecular weight excluding hydrogens is 256 g/mol. The Morgan fingerprint density at radius 2 is 1.84 bits per heavy atom. The Bertz CT molecular complexity index is 363. The van der Waals surface area contributed by atoms with E-state index in [2.05, 4.69) is 37.8 Å². The van der Waals surface area contributed by atoms with Crippen LogP contribution in [0.5, 0.6) is 0 Å². The fourth-order valence-corrected chi connectivity index (χ4v) is 2.87. The molecule has 0 atom stereocenters. The molecule has 4 heteroatoms. The highest BCUT2D eigenvalue weighted by atomic mass is 28.2. The van der Waals surface area contributed by atoms with Crippen molar-refractivity contribution in [1.29, 1.82) is 0 Å². The molecule has 106 valence electrons. The minimum absolute atomic E-state index is 0.479. The smallest absolute Gasteiger partial charge is 0.227 e. The van der Waals surface area contributed by atoms with E-state index in [0.717, 1.165) is 18.4 Å². The molecule has 0 aromatic heterocycles. The molecule has 0 unspecified atom stereocenters. The standard InChI is InChI=1S/C15H24O3Si/c1-5-13-7-9-14(10-8-13)11-12-18-19-15(6-2,16-3)17-4/h5,7-10H,1,6,11-12,19H2,2-4H3. The summed E-state index contributed by atoms with van der Waals surface area (Å²) < 4.78 is 16.6. The van der Waals surface area contributed by atoms with Gasteiger partial charge in [-0.25, -0.2) is 0 Å². The van der Waals surface area contributed by atoms with Crippen LogP contribution in [0.4, 0.5) is 0 Å². The van der Waals surface area contributed by atoms with Crippen LogP contribution in [-0.2, 0) is 20.3 Å². The molecule has 0 saturated carbocycles. The molecule has 0 saturated heterocycles. The molecule has 0 spiro atoms. The Morgan fingerprint density at radius 1 is 1.21 bits per heavy atom. The Labute approximate surface area is 118 Å². The summed E-state index contributed by atoms with van der Waals surface area (Å²) in [4.78, 5) is 0. The summed E-state index contributed by atoms with van der Waals surface area (Å²) in [6, 6.07) is 8.37. The van der Waals surface area contributed by atoms with Crippen LogP contribution in [0.25, 0.3) is 6.08 Å². The molecule has 0 aliphatic carbocycles. The Morgan fingerprint density at radius 3 is 2.32 bits per heavy atom. The van der Waals surface area contributed by atoms with Gasteiger partial charge in [-0.2, -0.15) is 0 Å². The lowest BCUT2D eigenvalue weighted by Crippen LogP contribution is -2.41. The van der Waals surface area contributed by atoms with Gasteiger partial charge in [-0.1, -0.05) is 43.8 Å². The Balaban J connectivity index is 2.35. The highest BCUT2D eigenvalue weighted by Gasteiger charge is 2.28. The van der Waals surface area contributed by atoms with Gasteiger partial charge in [-0.3, -0.25) is 0 Å². The third-order valence-electron chi connectivity index (χ3n) is 3.36. The van der Waals surface area contributed by atoms with E-state index in [-0.39, 0.29) is 0 Å². The largest absolute Gasteiger partial charge is 0.417 e. The third kappa shape index (κ3) is 4.91. The summed E-state index contributed by atoms with van der Waals surface area (Å²) in [6.45, 7) is 6.51. The van der Waals surface area contributed by atoms with Gasteiger partial charge in [0.1, 0.15) is 0 Å². The molecule has 1 rings (SSSR count). The van der Waals surface area contributed by atoms with E-state index in [9.17, 15) is 0 Å². The predicted molar refractivity (Wildman–Crippen MR) is 81.8 cm³/mol. The zero-order valence-corrected chi connectivity index (χ0v) is 13.6. The lowest BCUT2D eigenvalue weighted by molar-refractivity contribution is -0.153. The van der Waals surface area contributed by atoms with Crippen LogP contribution in [-0.4, -0.2) is 36.0 Å². The number of hydrogen-bond donors (Lipinski definition) is 0. The van der Waals surface area contributed by atoms with E-state index >= 15 is 0 Å². The highest BCUT2D eigenvalue weighted by Crippen LogP contribution is 2.14. The van der Waals surface area contributed by atoms with Gasteiger partial charge in [0.15, 0.2) is 5.41 Å². The van der Waals surface area contributed by atoms with Crippen molar-refractivity contribution in [2.24, 2.45) is 0 Å². The maximum absolute atomic E-state index is 5.80. The zero-order chi connectivity index (χ0) is 14.1. The second-order valence-corrected chi connectivity index (χ2v) is 6.20. The van der Waals surface area contributed by atoms with Gasteiger partial charge < -0.3 is 13.9 Å². The first-order chi connectivity index (χ1) is 9.19. The lowest BCUT2D eigenvalue weighted by Gasteiger charge is -2.28. The van der Waals surface area contributed by atoms with Crippen LogP contribution >= 0.6 is 0 Å². The van der Waals surface area contributed by atoms with Crippen LogP contribution in [0.15, 0.2) is 30.8 Å². The van der Waals surface area contributed by atoms with Crippen molar-refractivity contribution in [3.8, 4) is 0 Å². The van der Waals surface area contributed by atoms with Crippen molar-refractivity contribution >= 4 is 15.8 Å². The normalized spacial score (nSPS) is 12.2. The second kappa shape index (κ2) is 8.27. The van der Waals surface area contributed by atoms with Gasteiger partial charge in [-0.15, -0.1) is 0 Å². The number of benzene rings is 1. The number of methoxy groups -OCH3 is 2. The van der Waals surface area contributed by atoms with Gasteiger partial charge in [0.25, 0.3) is 0 Å². The van der Waals surface area contributed by atoms with E-state index in [1.807, 2.05) is 6.08 Å². The minimum Gasteiger partial charge on any atom is -0.417 e. The van der Waals surface area contributed by atoms with Crippen molar-refractivity contribution in [1.82, 2.24) is 0 Å². The first-order valence-electron chi connectivity index (χ1n) is 6.59. The number of ether oxygens (including phenoxy) is 2. The maximum Gasteiger partial charge on any atom is 0.227 e. The van der Waals surface area contributed by atoms with E-state index in [0.29, 0.717) is 6.61 Å². The van der Waals surface area contributed by atoms with Gasteiger partial charge >= 0.3 is 0 Å². The average molecular weight is 280 g/mol. The van der Waals surface area contributed by atoms with Gasteiger partial charge in [0.05, 0.1) is 0 Å². The number of hydrogen-bond acceptors (Lipinski definition) is 3. The van der Waals surface area contributed by atoms with Gasteiger partial charge in [0.2, 0.25) is 9.76 Å². The summed E-state index contributed by atoms with van der Waals surface area (Å²) in [5, 5.41) is 0. The average Bonchev–Trinajstić information content (AvgIpc) is 2.49. The number of rotatable bonds is 9. The molecule has 19 heavy (non-hydrogen) atoms. The first kappa shape index (κ1) is 16.1. The summed E-state index contributed by atoms with van der Waals surface area (Å²) in [5.74, 6) is 0. The van der Waals surface area contributed by atoms with Crippen LogP contribution < -0.4 is 0 Å². The van der Waals surface area contributed by atoms with Gasteiger partial charge in [-0.05, 0) is 24.0 Å². The minimum atomic E-state index is -0.870. The van der Waals surface area contributed by atoms with Crippen LogP contribution in [0, 0.1) is 0 Å². The summed E-state index contributed by atoms with van der Waals surface area (Å²) in [5.41, 5.74) is 1.94. The molecule has 0 radical (unpaired) electrons. The fourth-order valence-electron chi connectivity index (χ4n) is 1.83. The third-order valence-corrected chi connectivity index (χ3v) is 5.37. The van der Waals surface area contributed by atoms with Crippen molar-refractivity contribution in [3.05, 3.63) is 42.0 Å². The zero-order valence-electron chi connectivity index (χ0n) is 12.1. The van der Waals surface area contributed by atoms with E-state index in [4.69, 9.17) is 13.9 Å². The Kier molecular flexibility index (Phi) is 7.01. The summed E-state index contributed by atoms with van der Waals surface area (Å²) >= 11 is 0. The van der Waals surface area contributed by atoms with Gasteiger partial charge in [0, 0.05) is 20.8 Å². The van der Waals surface area contributed by atoms with Crippen LogP contribution in [0.2, 0.25) is 0 Å². The summed E-state index contributed by atoms with van der Waals surface area (Å²) in [7, 11) is 2.49. The van der Waals surface area contributed by atoms with Crippen LogP contribution in [0.3, 0.4) is 0 Å². The molecule has 0 bridgehead atoms. The molecule has 0 N–H and O–H groups in total. The maximum atomic E-state index is 5.80. The molecule has 0 amide bonds. The molecule has 0 heterocycles. The van der Waals surface area contributed by atoms with E-state index < -0.39 is 15.2 Å². The second-order valence-electron chi connectivity index (χ2n) is 4.42. The highest BCUT2D eigenvalue weighted by molar-refractivity contribution is 6.31. The van der Waals surface area contributed by atoms with Crippen molar-refractivity contribution < 1.29 is 13.9 Å². The predicted octanol–water partition coefficient (Wildman–Crippen LogP) is 2.33. The van der Waals surface area contributed by atoms with Crippen molar-refractivity contribution in [2.75, 3.05) is 20.8 Å². The van der Waals surface area contributed by atoms with E-state index in [1.165, 1.54) is 5.56 Å². The molecule has 0 aliphatic heterocycles.